The first-order chi connectivity index (χ1) is 16.0. The van der Waals surface area contributed by atoms with Gasteiger partial charge in [-0.25, -0.2) is 9.07 Å². The van der Waals surface area contributed by atoms with Crippen molar-refractivity contribution >= 4 is 18.0 Å². The minimum absolute atomic E-state index is 0.102. The summed E-state index contributed by atoms with van der Waals surface area (Å²) in [5.74, 6) is -1.57. The predicted octanol–water partition coefficient (Wildman–Crippen LogP) is 3.51. The van der Waals surface area contributed by atoms with Crippen molar-refractivity contribution in [3.8, 4) is 5.69 Å². The fraction of sp³-hybridized carbons (Fsp3) is 0.480. The molecule has 0 aliphatic rings. The van der Waals surface area contributed by atoms with E-state index in [9.17, 15) is 24.2 Å². The lowest BCUT2D eigenvalue weighted by Crippen LogP contribution is -2.27. The molecule has 0 saturated heterocycles. The number of nitrogens with zero attached hydrogens (tertiary/aromatic N) is 2. The zero-order valence-corrected chi connectivity index (χ0v) is 20.0. The van der Waals surface area contributed by atoms with E-state index in [0.717, 1.165) is 6.42 Å². The number of carboxylic acids is 1. The van der Waals surface area contributed by atoms with E-state index in [4.69, 9.17) is 5.11 Å². The number of hydrogen-bond donors (Lipinski definition) is 4. The molecule has 0 spiro atoms. The normalized spacial score (nSPS) is 13.6. The lowest BCUT2D eigenvalue weighted by atomic mass is 9.98. The SMILES string of the molecule is CC(C)CCNC(=O)c1nn(-c2ccc(F)cc2)c(/C=C/[C@@H](O)C[C@@H](O)CC(=O)O)c1C(C)C. The summed E-state index contributed by atoms with van der Waals surface area (Å²) < 4.78 is 15.0. The van der Waals surface area contributed by atoms with Gasteiger partial charge in [-0.15, -0.1) is 0 Å². The van der Waals surface area contributed by atoms with Crippen LogP contribution in [0.25, 0.3) is 11.8 Å². The van der Waals surface area contributed by atoms with Gasteiger partial charge < -0.3 is 20.6 Å². The molecule has 186 valence electrons. The third-order valence-electron chi connectivity index (χ3n) is 5.23. The van der Waals surface area contributed by atoms with Crippen LogP contribution in [0.2, 0.25) is 0 Å². The Morgan fingerprint density at radius 1 is 1.15 bits per heavy atom. The number of aliphatic carboxylic acids is 1. The van der Waals surface area contributed by atoms with Gasteiger partial charge >= 0.3 is 5.97 Å². The minimum atomic E-state index is -1.20. The molecule has 2 rings (SSSR count). The van der Waals surface area contributed by atoms with Gasteiger partial charge in [-0.1, -0.05) is 33.8 Å². The second-order valence-electron chi connectivity index (χ2n) is 9.04. The van der Waals surface area contributed by atoms with E-state index >= 15 is 0 Å². The van der Waals surface area contributed by atoms with E-state index in [0.29, 0.717) is 29.4 Å². The molecular weight excluding hydrogens is 441 g/mol. The highest BCUT2D eigenvalue weighted by molar-refractivity contribution is 5.95. The van der Waals surface area contributed by atoms with Crippen molar-refractivity contribution in [2.24, 2.45) is 5.92 Å². The van der Waals surface area contributed by atoms with Crippen molar-refractivity contribution in [1.82, 2.24) is 15.1 Å². The maximum Gasteiger partial charge on any atom is 0.305 e. The lowest BCUT2D eigenvalue weighted by molar-refractivity contribution is -0.139. The van der Waals surface area contributed by atoms with E-state index in [1.165, 1.54) is 35.0 Å². The summed E-state index contributed by atoms with van der Waals surface area (Å²) in [4.78, 5) is 23.7. The second-order valence-corrected chi connectivity index (χ2v) is 9.04. The Balaban J connectivity index is 2.46. The molecule has 0 fully saturated rings. The molecule has 1 heterocycles. The summed E-state index contributed by atoms with van der Waals surface area (Å²) in [5, 5.41) is 36.3. The van der Waals surface area contributed by atoms with Gasteiger partial charge in [-0.2, -0.15) is 5.10 Å². The Kier molecular flexibility index (Phi) is 9.95. The number of carbonyl (C=O) groups excluding carboxylic acids is 1. The summed E-state index contributed by atoms with van der Waals surface area (Å²) in [7, 11) is 0. The Morgan fingerprint density at radius 3 is 2.35 bits per heavy atom. The summed E-state index contributed by atoms with van der Waals surface area (Å²) in [6.07, 6.45) is 0.881. The summed E-state index contributed by atoms with van der Waals surface area (Å²) >= 11 is 0. The molecule has 0 unspecified atom stereocenters. The number of aliphatic hydroxyl groups is 2. The fourth-order valence-corrected chi connectivity index (χ4v) is 3.52. The van der Waals surface area contributed by atoms with Crippen molar-refractivity contribution in [2.75, 3.05) is 6.54 Å². The number of amides is 1. The number of aromatic nitrogens is 2. The number of benzene rings is 1. The minimum Gasteiger partial charge on any atom is -0.481 e. The van der Waals surface area contributed by atoms with Gasteiger partial charge in [0.2, 0.25) is 0 Å². The summed E-state index contributed by atoms with van der Waals surface area (Å²) in [6, 6.07) is 5.66. The molecule has 0 aliphatic heterocycles. The molecule has 1 aromatic carbocycles. The number of halogens is 1. The van der Waals surface area contributed by atoms with Crippen molar-refractivity contribution in [3.63, 3.8) is 0 Å². The highest BCUT2D eigenvalue weighted by Crippen LogP contribution is 2.28. The van der Waals surface area contributed by atoms with E-state index < -0.39 is 30.4 Å². The Hall–Kier alpha value is -3.04. The highest BCUT2D eigenvalue weighted by Gasteiger charge is 2.25. The van der Waals surface area contributed by atoms with Crippen LogP contribution in [0.15, 0.2) is 30.3 Å². The Bertz CT molecular complexity index is 999. The third kappa shape index (κ3) is 7.78. The predicted molar refractivity (Wildman–Crippen MR) is 127 cm³/mol. The van der Waals surface area contributed by atoms with Crippen LogP contribution in [0.4, 0.5) is 4.39 Å². The molecule has 4 N–H and O–H groups in total. The molecule has 2 aromatic rings. The molecule has 2 atom stereocenters. The molecule has 9 heteroatoms. The first-order valence-electron chi connectivity index (χ1n) is 11.4. The zero-order chi connectivity index (χ0) is 25.4. The van der Waals surface area contributed by atoms with Gasteiger partial charge in [0.05, 0.1) is 30.0 Å². The number of nitrogens with one attached hydrogen (secondary N) is 1. The van der Waals surface area contributed by atoms with Crippen LogP contribution in [0.1, 0.15) is 74.6 Å². The van der Waals surface area contributed by atoms with Gasteiger partial charge in [-0.05, 0) is 48.6 Å². The van der Waals surface area contributed by atoms with Gasteiger partial charge in [0.1, 0.15) is 5.82 Å². The van der Waals surface area contributed by atoms with Gasteiger partial charge in [-0.3, -0.25) is 9.59 Å². The van der Waals surface area contributed by atoms with Crippen molar-refractivity contribution in [2.45, 2.75) is 65.1 Å². The molecule has 34 heavy (non-hydrogen) atoms. The van der Waals surface area contributed by atoms with Gasteiger partial charge in [0, 0.05) is 18.5 Å². The topological polar surface area (TPSA) is 125 Å². The van der Waals surface area contributed by atoms with E-state index in [-0.39, 0.29) is 23.9 Å². The fourth-order valence-electron chi connectivity index (χ4n) is 3.52. The third-order valence-corrected chi connectivity index (χ3v) is 5.23. The standard InChI is InChI=1S/C25H34FN3O5/c1-15(2)11-12-27-25(34)24-23(16(3)4)21(10-9-19(30)13-20(31)14-22(32)33)29(28-24)18-7-5-17(26)6-8-18/h5-10,15-16,19-20,30-31H,11-14H2,1-4H3,(H,27,34)(H,32,33)/b10-9+/t19-,20-/m1/s1. The molecule has 0 aliphatic carbocycles. The molecule has 1 amide bonds. The maximum atomic E-state index is 13.5. The first kappa shape index (κ1) is 27.2. The average molecular weight is 476 g/mol. The van der Waals surface area contributed by atoms with Gasteiger partial charge in [0.15, 0.2) is 5.69 Å². The van der Waals surface area contributed by atoms with Gasteiger partial charge in [0.25, 0.3) is 5.91 Å². The van der Waals surface area contributed by atoms with Crippen LogP contribution in [0, 0.1) is 11.7 Å². The van der Waals surface area contributed by atoms with Crippen LogP contribution < -0.4 is 5.32 Å². The zero-order valence-electron chi connectivity index (χ0n) is 20.0. The largest absolute Gasteiger partial charge is 0.481 e. The van der Waals surface area contributed by atoms with Crippen molar-refractivity contribution < 1.29 is 29.3 Å². The Morgan fingerprint density at radius 2 is 1.79 bits per heavy atom. The number of carbonyl (C=O) groups is 2. The monoisotopic (exact) mass is 475 g/mol. The molecular formula is C25H34FN3O5. The van der Waals surface area contributed by atoms with E-state index in [1.807, 2.05) is 13.8 Å². The molecule has 0 saturated carbocycles. The molecule has 0 radical (unpaired) electrons. The van der Waals surface area contributed by atoms with Crippen LogP contribution in [-0.2, 0) is 4.79 Å². The average Bonchev–Trinajstić information content (AvgIpc) is 3.11. The number of aliphatic hydroxyl groups excluding tert-OH is 2. The second kappa shape index (κ2) is 12.4. The van der Waals surface area contributed by atoms with Crippen molar-refractivity contribution in [1.29, 1.82) is 0 Å². The van der Waals surface area contributed by atoms with E-state index in [1.54, 1.807) is 6.08 Å². The number of hydrogen-bond acceptors (Lipinski definition) is 5. The maximum absolute atomic E-state index is 13.5. The lowest BCUT2D eigenvalue weighted by Gasteiger charge is -2.12. The highest BCUT2D eigenvalue weighted by atomic mass is 19.1. The van der Waals surface area contributed by atoms with Crippen LogP contribution in [-0.4, -0.2) is 55.7 Å². The van der Waals surface area contributed by atoms with Crippen LogP contribution in [0.3, 0.4) is 0 Å². The summed E-state index contributed by atoms with van der Waals surface area (Å²) in [6.45, 7) is 8.47. The number of carboxylic acid groups (broad SMARTS) is 1. The van der Waals surface area contributed by atoms with Crippen molar-refractivity contribution in [3.05, 3.63) is 53.1 Å². The molecule has 0 bridgehead atoms. The first-order valence-corrected chi connectivity index (χ1v) is 11.4. The molecule has 8 nitrogen and oxygen atoms in total. The van der Waals surface area contributed by atoms with Crippen LogP contribution in [0.5, 0.6) is 0 Å². The number of rotatable bonds is 12. The van der Waals surface area contributed by atoms with E-state index in [2.05, 4.69) is 24.3 Å². The van der Waals surface area contributed by atoms with Crippen LogP contribution >= 0.6 is 0 Å². The Labute approximate surface area is 199 Å². The quantitative estimate of drug-likeness (QED) is 0.372. The molecule has 1 aromatic heterocycles. The summed E-state index contributed by atoms with van der Waals surface area (Å²) in [5.41, 5.74) is 1.95. The smallest absolute Gasteiger partial charge is 0.305 e.